The number of carbonyl (C=O) groups excluding carboxylic acids is 2. The number of aromatic nitrogens is 1. The summed E-state index contributed by atoms with van der Waals surface area (Å²) in [5.41, 5.74) is 1.15. The zero-order valence-corrected chi connectivity index (χ0v) is 13.7. The average molecular weight is 345 g/mol. The van der Waals surface area contributed by atoms with Gasteiger partial charge in [-0.25, -0.2) is 9.37 Å². The maximum Gasteiger partial charge on any atom is 0.257 e. The summed E-state index contributed by atoms with van der Waals surface area (Å²) in [7, 11) is 0. The number of hydrogen-bond acceptors (Lipinski definition) is 4. The van der Waals surface area contributed by atoms with Crippen molar-refractivity contribution in [2.45, 2.75) is 37.6 Å². The largest absolute Gasteiger partial charge is 0.353 e. The fourth-order valence-electron chi connectivity index (χ4n) is 2.84. The Morgan fingerprint density at radius 1 is 1.17 bits per heavy atom. The summed E-state index contributed by atoms with van der Waals surface area (Å²) in [6.07, 6.45) is 3.70. The molecule has 24 heavy (non-hydrogen) atoms. The van der Waals surface area contributed by atoms with Crippen LogP contribution in [0.1, 0.15) is 46.1 Å². The van der Waals surface area contributed by atoms with Crippen LogP contribution in [0.4, 0.5) is 9.52 Å². The van der Waals surface area contributed by atoms with E-state index in [9.17, 15) is 14.0 Å². The van der Waals surface area contributed by atoms with E-state index in [0.717, 1.165) is 36.3 Å². The molecule has 2 aliphatic carbocycles. The SMILES string of the molecule is O=C(Nc1nc2c(s1)CC[C@@H]2C(=O)NC1CC1)c1ccc(F)cc1. The van der Waals surface area contributed by atoms with Crippen LogP contribution in [0.2, 0.25) is 0 Å². The van der Waals surface area contributed by atoms with E-state index in [4.69, 9.17) is 0 Å². The van der Waals surface area contributed by atoms with E-state index >= 15 is 0 Å². The first-order valence-corrected chi connectivity index (χ1v) is 8.78. The first kappa shape index (κ1) is 15.3. The van der Waals surface area contributed by atoms with E-state index in [1.807, 2.05) is 0 Å². The van der Waals surface area contributed by atoms with Gasteiger partial charge in [-0.2, -0.15) is 0 Å². The van der Waals surface area contributed by atoms with Gasteiger partial charge < -0.3 is 5.32 Å². The smallest absolute Gasteiger partial charge is 0.257 e. The molecule has 1 saturated carbocycles. The van der Waals surface area contributed by atoms with Crippen molar-refractivity contribution in [1.29, 1.82) is 0 Å². The maximum absolute atomic E-state index is 12.9. The molecule has 4 rings (SSSR count). The highest BCUT2D eigenvalue weighted by Crippen LogP contribution is 2.39. The lowest BCUT2D eigenvalue weighted by molar-refractivity contribution is -0.122. The van der Waals surface area contributed by atoms with Crippen molar-refractivity contribution >= 4 is 28.3 Å². The monoisotopic (exact) mass is 345 g/mol. The van der Waals surface area contributed by atoms with Crippen LogP contribution < -0.4 is 10.6 Å². The number of nitrogens with zero attached hydrogens (tertiary/aromatic N) is 1. The van der Waals surface area contributed by atoms with E-state index in [-0.39, 0.29) is 23.5 Å². The molecule has 1 heterocycles. The van der Waals surface area contributed by atoms with Crippen LogP contribution in [-0.4, -0.2) is 22.8 Å². The van der Waals surface area contributed by atoms with E-state index < -0.39 is 0 Å². The molecule has 0 unspecified atom stereocenters. The van der Waals surface area contributed by atoms with Crippen LogP contribution in [0.5, 0.6) is 0 Å². The summed E-state index contributed by atoms with van der Waals surface area (Å²) in [4.78, 5) is 30.0. The molecule has 1 aromatic heterocycles. The van der Waals surface area contributed by atoms with Gasteiger partial charge in [0.1, 0.15) is 5.82 Å². The van der Waals surface area contributed by atoms with Gasteiger partial charge in [-0.05, 0) is 49.9 Å². The third-order valence-electron chi connectivity index (χ3n) is 4.28. The average Bonchev–Trinajstić information content (AvgIpc) is 3.14. The third-order valence-corrected chi connectivity index (χ3v) is 5.33. The highest BCUT2D eigenvalue weighted by Gasteiger charge is 2.35. The summed E-state index contributed by atoms with van der Waals surface area (Å²) in [6.45, 7) is 0. The second-order valence-electron chi connectivity index (χ2n) is 6.16. The first-order chi connectivity index (χ1) is 11.6. The summed E-state index contributed by atoms with van der Waals surface area (Å²) in [5, 5.41) is 6.24. The standard InChI is InChI=1S/C17H16FN3O2S/c18-10-3-1-9(2-4-10)15(22)21-17-20-14-12(7-8-13(14)24-17)16(23)19-11-5-6-11/h1-4,11-12H,5-8H2,(H,19,23)(H,20,21,22)/t12-/m0/s1. The van der Waals surface area contributed by atoms with Crippen LogP contribution in [0, 0.1) is 5.82 Å². The van der Waals surface area contributed by atoms with Crippen LogP contribution in [0.25, 0.3) is 0 Å². The molecule has 0 bridgehead atoms. The second-order valence-corrected chi connectivity index (χ2v) is 7.25. The minimum absolute atomic E-state index is 0.0398. The van der Waals surface area contributed by atoms with Gasteiger partial charge >= 0.3 is 0 Å². The number of halogens is 1. The molecule has 0 aliphatic heterocycles. The Balaban J connectivity index is 1.47. The van der Waals surface area contributed by atoms with E-state index in [1.54, 1.807) is 0 Å². The van der Waals surface area contributed by atoms with Gasteiger partial charge in [-0.1, -0.05) is 0 Å². The molecule has 1 atom stereocenters. The van der Waals surface area contributed by atoms with Crippen LogP contribution in [0.15, 0.2) is 24.3 Å². The molecular weight excluding hydrogens is 329 g/mol. The lowest BCUT2D eigenvalue weighted by atomic mass is 10.1. The lowest BCUT2D eigenvalue weighted by Crippen LogP contribution is -2.30. The molecule has 1 aromatic carbocycles. The molecule has 0 saturated heterocycles. The molecule has 0 radical (unpaired) electrons. The molecule has 2 aromatic rings. The summed E-state index contributed by atoms with van der Waals surface area (Å²) in [5.74, 6) is -0.892. The minimum Gasteiger partial charge on any atom is -0.353 e. The van der Waals surface area contributed by atoms with Gasteiger partial charge in [0.2, 0.25) is 5.91 Å². The molecule has 2 aliphatic rings. The van der Waals surface area contributed by atoms with E-state index in [1.165, 1.54) is 35.6 Å². The van der Waals surface area contributed by atoms with Gasteiger partial charge in [-0.3, -0.25) is 14.9 Å². The highest BCUT2D eigenvalue weighted by molar-refractivity contribution is 7.16. The lowest BCUT2D eigenvalue weighted by Gasteiger charge is -2.09. The van der Waals surface area contributed by atoms with Crippen molar-refractivity contribution in [1.82, 2.24) is 10.3 Å². The number of carbonyl (C=O) groups is 2. The Morgan fingerprint density at radius 2 is 1.92 bits per heavy atom. The Labute approximate surface area is 142 Å². The molecule has 124 valence electrons. The van der Waals surface area contributed by atoms with Crippen molar-refractivity contribution in [3.05, 3.63) is 46.2 Å². The number of thiazole rings is 1. The summed E-state index contributed by atoms with van der Waals surface area (Å²) < 4.78 is 12.9. The fourth-order valence-corrected chi connectivity index (χ4v) is 3.87. The van der Waals surface area contributed by atoms with Gasteiger partial charge in [0.15, 0.2) is 5.13 Å². The molecule has 7 heteroatoms. The molecule has 5 nitrogen and oxygen atoms in total. The molecule has 0 spiro atoms. The molecular formula is C17H16FN3O2S. The zero-order valence-electron chi connectivity index (χ0n) is 12.8. The van der Waals surface area contributed by atoms with Crippen LogP contribution in [0.3, 0.4) is 0 Å². The number of aryl methyl sites for hydroxylation is 1. The number of anilines is 1. The van der Waals surface area contributed by atoms with Crippen molar-refractivity contribution in [3.8, 4) is 0 Å². The number of nitrogens with one attached hydrogen (secondary N) is 2. The quantitative estimate of drug-likeness (QED) is 0.895. The van der Waals surface area contributed by atoms with Crippen molar-refractivity contribution in [2.75, 3.05) is 5.32 Å². The van der Waals surface area contributed by atoms with Crippen LogP contribution >= 0.6 is 11.3 Å². The number of hydrogen-bond donors (Lipinski definition) is 2. The molecule has 1 fully saturated rings. The predicted octanol–water partition coefficient (Wildman–Crippen LogP) is 2.84. The Hall–Kier alpha value is -2.28. The van der Waals surface area contributed by atoms with E-state index in [2.05, 4.69) is 15.6 Å². The summed E-state index contributed by atoms with van der Waals surface area (Å²) >= 11 is 1.41. The van der Waals surface area contributed by atoms with Crippen molar-refractivity contribution in [2.24, 2.45) is 0 Å². The maximum atomic E-state index is 12.9. The Bertz CT molecular complexity index is 799. The van der Waals surface area contributed by atoms with Gasteiger partial charge in [-0.15, -0.1) is 11.3 Å². The number of fused-ring (bicyclic) bond motifs is 1. The highest BCUT2D eigenvalue weighted by atomic mass is 32.1. The van der Waals surface area contributed by atoms with E-state index in [0.29, 0.717) is 16.7 Å². The topological polar surface area (TPSA) is 71.1 Å². The Kier molecular flexibility index (Phi) is 3.80. The number of rotatable bonds is 4. The van der Waals surface area contributed by atoms with Gasteiger partial charge in [0.25, 0.3) is 5.91 Å². The van der Waals surface area contributed by atoms with Crippen molar-refractivity contribution in [3.63, 3.8) is 0 Å². The fraction of sp³-hybridized carbons (Fsp3) is 0.353. The Morgan fingerprint density at radius 3 is 2.62 bits per heavy atom. The predicted molar refractivity (Wildman–Crippen MR) is 88.7 cm³/mol. The first-order valence-electron chi connectivity index (χ1n) is 7.97. The summed E-state index contributed by atoms with van der Waals surface area (Å²) in [6, 6.07) is 5.68. The van der Waals surface area contributed by atoms with Gasteiger partial charge in [0, 0.05) is 16.5 Å². The molecule has 2 amide bonds. The zero-order chi connectivity index (χ0) is 16.7. The second kappa shape index (κ2) is 5.98. The third kappa shape index (κ3) is 3.03. The molecule has 2 N–H and O–H groups in total. The van der Waals surface area contributed by atoms with Gasteiger partial charge in [0.05, 0.1) is 11.6 Å². The minimum atomic E-state index is -0.385. The van der Waals surface area contributed by atoms with Crippen LogP contribution in [-0.2, 0) is 11.2 Å². The van der Waals surface area contributed by atoms with Crippen molar-refractivity contribution < 1.29 is 14.0 Å². The number of benzene rings is 1. The number of amides is 2. The normalized spacial score (nSPS) is 19.0.